The van der Waals surface area contributed by atoms with Crippen molar-refractivity contribution in [2.75, 3.05) is 13.1 Å². The van der Waals surface area contributed by atoms with E-state index in [1.54, 1.807) is 0 Å². The summed E-state index contributed by atoms with van der Waals surface area (Å²) in [5.74, 6) is -0.0142. The van der Waals surface area contributed by atoms with E-state index in [2.05, 4.69) is 15.6 Å². The lowest BCUT2D eigenvalue weighted by atomic mass is 9.85. The molecule has 6 heteroatoms. The van der Waals surface area contributed by atoms with Gasteiger partial charge in [-0.25, -0.2) is 9.48 Å². The quantitative estimate of drug-likeness (QED) is 0.855. The van der Waals surface area contributed by atoms with Crippen LogP contribution in [0, 0.1) is 5.92 Å². The summed E-state index contributed by atoms with van der Waals surface area (Å²) in [5.41, 5.74) is 1.01. The van der Waals surface area contributed by atoms with E-state index in [-0.39, 0.29) is 11.6 Å². The number of nitrogens with one attached hydrogen (secondary N) is 1. The molecule has 2 aliphatic rings. The topological polar surface area (TPSA) is 80.0 Å². The fourth-order valence-electron chi connectivity index (χ4n) is 3.03. The van der Waals surface area contributed by atoms with Gasteiger partial charge in [0.2, 0.25) is 0 Å². The number of rotatable bonds is 4. The third kappa shape index (κ3) is 2.49. The van der Waals surface area contributed by atoms with Crippen molar-refractivity contribution < 1.29 is 9.90 Å². The molecule has 2 fully saturated rings. The molecule has 6 nitrogen and oxygen atoms in total. The number of piperidine rings is 1. The molecule has 0 atom stereocenters. The number of carboxylic acid groups (broad SMARTS) is 1. The van der Waals surface area contributed by atoms with Crippen molar-refractivity contribution in [3.05, 3.63) is 11.4 Å². The van der Waals surface area contributed by atoms with Gasteiger partial charge < -0.3 is 10.4 Å². The largest absolute Gasteiger partial charge is 0.476 e. The molecule has 2 heterocycles. The van der Waals surface area contributed by atoms with E-state index < -0.39 is 5.97 Å². The lowest BCUT2D eigenvalue weighted by Gasteiger charge is -2.28. The molecule has 0 unspecified atom stereocenters. The molecule has 1 aliphatic heterocycles. The van der Waals surface area contributed by atoms with Crippen LogP contribution in [0.4, 0.5) is 0 Å². The minimum Gasteiger partial charge on any atom is -0.476 e. The molecule has 0 radical (unpaired) electrons. The Morgan fingerprint density at radius 1 is 1.32 bits per heavy atom. The number of carboxylic acids is 1. The van der Waals surface area contributed by atoms with E-state index in [9.17, 15) is 9.90 Å². The Balaban J connectivity index is 1.87. The van der Waals surface area contributed by atoms with Crippen molar-refractivity contribution in [2.45, 2.75) is 44.6 Å². The molecule has 1 aliphatic carbocycles. The van der Waals surface area contributed by atoms with Gasteiger partial charge in [0, 0.05) is 12.5 Å². The summed E-state index contributed by atoms with van der Waals surface area (Å²) in [7, 11) is 0. The van der Waals surface area contributed by atoms with Crippen molar-refractivity contribution in [1.29, 1.82) is 0 Å². The predicted octanol–water partition coefficient (Wildman–Crippen LogP) is 1.24. The first kappa shape index (κ1) is 12.6. The number of aromatic nitrogens is 3. The van der Waals surface area contributed by atoms with Crippen LogP contribution in [0.5, 0.6) is 0 Å². The van der Waals surface area contributed by atoms with Crippen LogP contribution in [0.25, 0.3) is 0 Å². The summed E-state index contributed by atoms with van der Waals surface area (Å²) >= 11 is 0. The van der Waals surface area contributed by atoms with E-state index in [0.29, 0.717) is 5.92 Å². The van der Waals surface area contributed by atoms with Gasteiger partial charge in [-0.15, -0.1) is 5.10 Å². The van der Waals surface area contributed by atoms with Crippen LogP contribution in [-0.2, 0) is 6.54 Å². The van der Waals surface area contributed by atoms with Gasteiger partial charge in [-0.05, 0) is 44.7 Å². The molecule has 0 amide bonds. The van der Waals surface area contributed by atoms with Crippen LogP contribution in [0.3, 0.4) is 0 Å². The predicted molar refractivity (Wildman–Crippen MR) is 69.2 cm³/mol. The first-order valence-corrected chi connectivity index (χ1v) is 7.13. The molecule has 1 saturated heterocycles. The van der Waals surface area contributed by atoms with Gasteiger partial charge in [-0.3, -0.25) is 0 Å². The van der Waals surface area contributed by atoms with Crippen LogP contribution in [0.15, 0.2) is 0 Å². The highest BCUT2D eigenvalue weighted by Gasteiger charge is 2.29. The van der Waals surface area contributed by atoms with E-state index >= 15 is 0 Å². The van der Waals surface area contributed by atoms with Crippen molar-refractivity contribution in [3.63, 3.8) is 0 Å². The maximum atomic E-state index is 11.3. The van der Waals surface area contributed by atoms with Gasteiger partial charge in [0.25, 0.3) is 0 Å². The van der Waals surface area contributed by atoms with E-state index in [1.807, 2.05) is 4.68 Å². The van der Waals surface area contributed by atoms with Gasteiger partial charge in [0.1, 0.15) is 0 Å². The van der Waals surface area contributed by atoms with Crippen LogP contribution in [0.1, 0.15) is 54.2 Å². The molecule has 1 aromatic rings. The number of hydrogen-bond acceptors (Lipinski definition) is 4. The maximum Gasteiger partial charge on any atom is 0.358 e. The first-order valence-electron chi connectivity index (χ1n) is 7.13. The summed E-state index contributed by atoms with van der Waals surface area (Å²) in [5, 5.41) is 20.6. The van der Waals surface area contributed by atoms with Gasteiger partial charge >= 0.3 is 5.97 Å². The smallest absolute Gasteiger partial charge is 0.358 e. The normalized spacial score (nSPS) is 21.3. The second kappa shape index (κ2) is 5.28. The minimum absolute atomic E-state index is 0.159. The standard InChI is InChI=1S/C13H20N4O2/c18-13(19)11-12(10-4-6-14-7-5-10)17(16-15-11)8-9-2-1-3-9/h9-10,14H,1-8H2,(H,18,19). The highest BCUT2D eigenvalue weighted by atomic mass is 16.4. The monoisotopic (exact) mass is 264 g/mol. The SMILES string of the molecule is O=C(O)c1nnn(CC2CCC2)c1C1CCNCC1. The Morgan fingerprint density at radius 2 is 2.05 bits per heavy atom. The van der Waals surface area contributed by atoms with E-state index in [1.165, 1.54) is 19.3 Å². The Morgan fingerprint density at radius 3 is 2.63 bits per heavy atom. The van der Waals surface area contributed by atoms with Crippen molar-refractivity contribution in [1.82, 2.24) is 20.3 Å². The summed E-state index contributed by atoms with van der Waals surface area (Å²) in [6, 6.07) is 0. The van der Waals surface area contributed by atoms with E-state index in [4.69, 9.17) is 0 Å². The van der Waals surface area contributed by atoms with Crippen LogP contribution in [0.2, 0.25) is 0 Å². The first-order chi connectivity index (χ1) is 9.25. The summed E-state index contributed by atoms with van der Waals surface area (Å²) in [6.45, 7) is 2.72. The molecule has 3 rings (SSSR count). The average molecular weight is 264 g/mol. The van der Waals surface area contributed by atoms with Gasteiger partial charge in [0.15, 0.2) is 5.69 Å². The fraction of sp³-hybridized carbons (Fsp3) is 0.769. The van der Waals surface area contributed by atoms with Crippen LogP contribution < -0.4 is 5.32 Å². The Kier molecular flexibility index (Phi) is 3.50. The number of carbonyl (C=O) groups is 1. The second-order valence-corrected chi connectivity index (χ2v) is 5.63. The van der Waals surface area contributed by atoms with Crippen molar-refractivity contribution in [3.8, 4) is 0 Å². The molecular weight excluding hydrogens is 244 g/mol. The Labute approximate surface area is 112 Å². The molecule has 19 heavy (non-hydrogen) atoms. The zero-order chi connectivity index (χ0) is 13.2. The number of hydrogen-bond donors (Lipinski definition) is 2. The van der Waals surface area contributed by atoms with Crippen molar-refractivity contribution >= 4 is 5.97 Å². The third-order valence-electron chi connectivity index (χ3n) is 4.36. The lowest BCUT2D eigenvalue weighted by Crippen LogP contribution is -2.29. The van der Waals surface area contributed by atoms with Crippen molar-refractivity contribution in [2.24, 2.45) is 5.92 Å². The molecule has 0 aromatic carbocycles. The lowest BCUT2D eigenvalue weighted by molar-refractivity contribution is 0.0688. The Hall–Kier alpha value is -1.43. The average Bonchev–Trinajstić information content (AvgIpc) is 2.78. The fourth-order valence-corrected chi connectivity index (χ4v) is 3.03. The molecule has 0 spiro atoms. The Bertz CT molecular complexity index is 461. The minimum atomic E-state index is -0.951. The summed E-state index contributed by atoms with van der Waals surface area (Å²) < 4.78 is 1.86. The highest BCUT2D eigenvalue weighted by Crippen LogP contribution is 2.31. The van der Waals surface area contributed by atoms with Gasteiger partial charge in [-0.1, -0.05) is 11.6 Å². The molecule has 104 valence electrons. The highest BCUT2D eigenvalue weighted by molar-refractivity contribution is 5.86. The maximum absolute atomic E-state index is 11.3. The molecule has 0 bridgehead atoms. The zero-order valence-electron chi connectivity index (χ0n) is 11.0. The van der Waals surface area contributed by atoms with E-state index in [0.717, 1.165) is 38.2 Å². The zero-order valence-corrected chi connectivity index (χ0v) is 11.0. The number of nitrogens with zero attached hydrogens (tertiary/aromatic N) is 3. The summed E-state index contributed by atoms with van der Waals surface area (Å²) in [4.78, 5) is 11.3. The van der Waals surface area contributed by atoms with Gasteiger partial charge in [0.05, 0.1) is 5.69 Å². The van der Waals surface area contributed by atoms with Gasteiger partial charge in [-0.2, -0.15) is 0 Å². The summed E-state index contributed by atoms with van der Waals surface area (Å²) in [6.07, 6.45) is 5.69. The van der Waals surface area contributed by atoms with Crippen LogP contribution >= 0.6 is 0 Å². The third-order valence-corrected chi connectivity index (χ3v) is 4.36. The van der Waals surface area contributed by atoms with Crippen LogP contribution in [-0.4, -0.2) is 39.2 Å². The molecule has 2 N–H and O–H groups in total. The molecule has 1 saturated carbocycles. The second-order valence-electron chi connectivity index (χ2n) is 5.63. The molecule has 1 aromatic heterocycles. The molecular formula is C13H20N4O2. The number of aromatic carboxylic acids is 1.